The zero-order valence-corrected chi connectivity index (χ0v) is 13.3. The number of rotatable bonds is 7. The summed E-state index contributed by atoms with van der Waals surface area (Å²) in [7, 11) is 0. The molecule has 0 saturated heterocycles. The van der Waals surface area contributed by atoms with Crippen molar-refractivity contribution in [3.8, 4) is 6.07 Å². The Hall–Kier alpha value is -1.08. The largest absolute Gasteiger partial charge is 0.326 e. The van der Waals surface area contributed by atoms with Gasteiger partial charge in [0.25, 0.3) is 0 Å². The number of hydrogen-bond donors (Lipinski definition) is 1. The van der Waals surface area contributed by atoms with E-state index in [2.05, 4.69) is 31.7 Å². The molecule has 0 spiro atoms. The van der Waals surface area contributed by atoms with Crippen molar-refractivity contribution in [2.24, 2.45) is 5.73 Å². The van der Waals surface area contributed by atoms with Gasteiger partial charge in [0.2, 0.25) is 0 Å². The second-order valence-electron chi connectivity index (χ2n) is 5.28. The van der Waals surface area contributed by atoms with E-state index in [9.17, 15) is 0 Å². The summed E-state index contributed by atoms with van der Waals surface area (Å²) in [5, 5.41) is 9.61. The molecule has 0 bridgehead atoms. The number of nitriles is 1. The van der Waals surface area contributed by atoms with Crippen molar-refractivity contribution < 1.29 is 0 Å². The van der Waals surface area contributed by atoms with Crippen LogP contribution in [0.15, 0.2) is 24.3 Å². The third-order valence-electron chi connectivity index (χ3n) is 3.60. The molecule has 3 nitrogen and oxygen atoms in total. The lowest BCUT2D eigenvalue weighted by Gasteiger charge is -2.38. The molecule has 4 heteroatoms. The highest BCUT2D eigenvalue weighted by atomic mass is 35.5. The SMILES string of the molecule is CCC(N)C(c1ccccc1Cl)N(CCC#N)C(C)C. The minimum Gasteiger partial charge on any atom is -0.326 e. The molecular weight excluding hydrogens is 270 g/mol. The van der Waals surface area contributed by atoms with Gasteiger partial charge in [0, 0.05) is 30.1 Å². The predicted octanol–water partition coefficient (Wildman–Crippen LogP) is 3.74. The third-order valence-corrected chi connectivity index (χ3v) is 3.95. The van der Waals surface area contributed by atoms with Gasteiger partial charge in [-0.1, -0.05) is 36.7 Å². The summed E-state index contributed by atoms with van der Waals surface area (Å²) in [6.45, 7) is 7.04. The first-order chi connectivity index (χ1) is 9.52. The Kier molecular flexibility index (Phi) is 7.01. The van der Waals surface area contributed by atoms with Crippen LogP contribution in [0.2, 0.25) is 5.02 Å². The molecule has 1 aromatic rings. The van der Waals surface area contributed by atoms with E-state index in [4.69, 9.17) is 22.6 Å². The van der Waals surface area contributed by atoms with Gasteiger partial charge in [-0.25, -0.2) is 0 Å². The molecule has 1 aromatic carbocycles. The second kappa shape index (κ2) is 8.26. The smallest absolute Gasteiger partial charge is 0.0635 e. The van der Waals surface area contributed by atoms with Crippen LogP contribution in [0.25, 0.3) is 0 Å². The van der Waals surface area contributed by atoms with Gasteiger partial charge < -0.3 is 5.73 Å². The zero-order valence-electron chi connectivity index (χ0n) is 12.5. The van der Waals surface area contributed by atoms with Crippen LogP contribution in [0.5, 0.6) is 0 Å². The van der Waals surface area contributed by atoms with Gasteiger partial charge in [0.15, 0.2) is 0 Å². The maximum Gasteiger partial charge on any atom is 0.0635 e. The highest BCUT2D eigenvalue weighted by Crippen LogP contribution is 2.32. The Balaban J connectivity index is 3.16. The molecule has 110 valence electrons. The van der Waals surface area contributed by atoms with Crippen molar-refractivity contribution in [3.63, 3.8) is 0 Å². The number of nitrogens with two attached hydrogens (primary N) is 1. The van der Waals surface area contributed by atoms with Gasteiger partial charge in [-0.05, 0) is 31.9 Å². The van der Waals surface area contributed by atoms with E-state index < -0.39 is 0 Å². The van der Waals surface area contributed by atoms with Crippen molar-refractivity contribution in [2.45, 2.75) is 51.7 Å². The lowest BCUT2D eigenvalue weighted by molar-refractivity contribution is 0.133. The molecule has 2 N–H and O–H groups in total. The quantitative estimate of drug-likeness (QED) is 0.833. The van der Waals surface area contributed by atoms with Crippen molar-refractivity contribution in [1.82, 2.24) is 4.90 Å². The summed E-state index contributed by atoms with van der Waals surface area (Å²) in [6.07, 6.45) is 1.36. The van der Waals surface area contributed by atoms with Crippen molar-refractivity contribution in [1.29, 1.82) is 5.26 Å². The first-order valence-electron chi connectivity index (χ1n) is 7.15. The molecular formula is C16H24ClN3. The number of nitrogens with zero attached hydrogens (tertiary/aromatic N) is 2. The minimum absolute atomic E-state index is 0.00371. The summed E-state index contributed by atoms with van der Waals surface area (Å²) in [6, 6.07) is 10.4. The van der Waals surface area contributed by atoms with Gasteiger partial charge in [0.05, 0.1) is 12.1 Å². The normalized spacial score (nSPS) is 14.3. The summed E-state index contributed by atoms with van der Waals surface area (Å²) in [4.78, 5) is 2.28. The average Bonchev–Trinajstić information content (AvgIpc) is 2.43. The van der Waals surface area contributed by atoms with Crippen LogP contribution in [-0.4, -0.2) is 23.5 Å². The highest BCUT2D eigenvalue weighted by molar-refractivity contribution is 6.31. The van der Waals surface area contributed by atoms with Crippen molar-refractivity contribution >= 4 is 11.6 Å². The number of hydrogen-bond acceptors (Lipinski definition) is 3. The van der Waals surface area contributed by atoms with Crippen molar-refractivity contribution in [3.05, 3.63) is 34.9 Å². The lowest BCUT2D eigenvalue weighted by atomic mass is 9.95. The first-order valence-corrected chi connectivity index (χ1v) is 7.53. The molecule has 0 aromatic heterocycles. The molecule has 0 radical (unpaired) electrons. The van der Waals surface area contributed by atoms with E-state index in [0.717, 1.165) is 17.0 Å². The molecule has 0 saturated carbocycles. The first kappa shape index (κ1) is 17.0. The number of halogens is 1. The van der Waals surface area contributed by atoms with Crippen molar-refractivity contribution in [2.75, 3.05) is 6.54 Å². The average molecular weight is 294 g/mol. The topological polar surface area (TPSA) is 53.0 Å². The molecule has 0 aliphatic heterocycles. The molecule has 2 unspecified atom stereocenters. The Morgan fingerprint density at radius 2 is 2.00 bits per heavy atom. The number of benzene rings is 1. The maximum absolute atomic E-state index is 8.87. The van der Waals surface area contributed by atoms with Gasteiger partial charge in [-0.2, -0.15) is 5.26 Å². The monoisotopic (exact) mass is 293 g/mol. The summed E-state index contributed by atoms with van der Waals surface area (Å²) in [5.41, 5.74) is 7.40. The van der Waals surface area contributed by atoms with Crippen LogP contribution in [0.1, 0.15) is 45.2 Å². The molecule has 0 aliphatic carbocycles. The van der Waals surface area contributed by atoms with E-state index in [-0.39, 0.29) is 12.1 Å². The van der Waals surface area contributed by atoms with E-state index in [1.165, 1.54) is 0 Å². The molecule has 0 aliphatic rings. The van der Waals surface area contributed by atoms with E-state index in [1.807, 2.05) is 24.3 Å². The van der Waals surface area contributed by atoms with Gasteiger partial charge in [0.1, 0.15) is 0 Å². The van der Waals surface area contributed by atoms with E-state index >= 15 is 0 Å². The van der Waals surface area contributed by atoms with Crippen LogP contribution in [0, 0.1) is 11.3 Å². The molecule has 0 heterocycles. The molecule has 2 atom stereocenters. The van der Waals surface area contributed by atoms with Gasteiger partial charge in [-0.15, -0.1) is 0 Å². The predicted molar refractivity (Wildman–Crippen MR) is 84.5 cm³/mol. The van der Waals surface area contributed by atoms with Gasteiger partial charge >= 0.3 is 0 Å². The summed E-state index contributed by atoms with van der Waals surface area (Å²) in [5.74, 6) is 0. The maximum atomic E-state index is 8.87. The molecule has 20 heavy (non-hydrogen) atoms. The molecule has 1 rings (SSSR count). The van der Waals surface area contributed by atoms with E-state index in [0.29, 0.717) is 19.0 Å². The van der Waals surface area contributed by atoms with Crippen LogP contribution in [-0.2, 0) is 0 Å². The third kappa shape index (κ3) is 4.21. The van der Waals surface area contributed by atoms with Gasteiger partial charge in [-0.3, -0.25) is 4.90 Å². The summed E-state index contributed by atoms with van der Waals surface area (Å²) >= 11 is 6.36. The Morgan fingerprint density at radius 1 is 1.35 bits per heavy atom. The molecule has 0 amide bonds. The van der Waals surface area contributed by atoms with Crippen LogP contribution in [0.4, 0.5) is 0 Å². The second-order valence-corrected chi connectivity index (χ2v) is 5.69. The summed E-state index contributed by atoms with van der Waals surface area (Å²) < 4.78 is 0. The standard InChI is InChI=1S/C16H24ClN3/c1-4-15(19)16(13-8-5-6-9-14(13)17)20(12(2)3)11-7-10-18/h5-6,8-9,12,15-16H,4,7,11,19H2,1-3H3. The Labute approximate surface area is 127 Å². The highest BCUT2D eigenvalue weighted by Gasteiger charge is 2.28. The Bertz CT molecular complexity index is 453. The van der Waals surface area contributed by atoms with Crippen LogP contribution in [0.3, 0.4) is 0 Å². The Morgan fingerprint density at radius 3 is 2.50 bits per heavy atom. The molecule has 0 fully saturated rings. The zero-order chi connectivity index (χ0) is 15.1. The lowest BCUT2D eigenvalue weighted by Crippen LogP contribution is -2.44. The van der Waals surface area contributed by atoms with E-state index in [1.54, 1.807) is 0 Å². The fraction of sp³-hybridized carbons (Fsp3) is 0.562. The minimum atomic E-state index is -0.00371. The van der Waals surface area contributed by atoms with Crippen LogP contribution >= 0.6 is 11.6 Å². The fourth-order valence-electron chi connectivity index (χ4n) is 2.49. The fourth-order valence-corrected chi connectivity index (χ4v) is 2.74. The van der Waals surface area contributed by atoms with Crippen LogP contribution < -0.4 is 5.73 Å².